The number of hydrogen-bond donors (Lipinski definition) is 1. The fraction of sp³-hybridized carbons (Fsp3) is 0.115. The van der Waals surface area contributed by atoms with Crippen molar-refractivity contribution in [3.05, 3.63) is 107 Å². The number of rotatable bonds is 5. The largest absolute Gasteiger partial charge is 0.497 e. The zero-order valence-corrected chi connectivity index (χ0v) is 18.3. The topological polar surface area (TPSA) is 117 Å². The number of esters is 1. The van der Waals surface area contributed by atoms with Crippen LogP contribution in [0.15, 0.2) is 88.1 Å². The summed E-state index contributed by atoms with van der Waals surface area (Å²) >= 11 is 0. The van der Waals surface area contributed by atoms with Crippen molar-refractivity contribution >= 4 is 17.7 Å². The molecule has 3 heterocycles. The van der Waals surface area contributed by atoms with Crippen LogP contribution in [0.25, 0.3) is 0 Å². The standard InChI is InChI=1S/C26H17NO8/c1-31-15-10-11-18-21(14-15)34-26(35-24(30)20-9-5-13-33-20)17-7-3-2-6-16(17)22(28)25(18,26)27-23(29)19-8-4-12-32-19/h2-14H,1H3,(H,27,29). The number of ketones is 1. The molecule has 2 aliphatic rings. The molecule has 1 aliphatic carbocycles. The van der Waals surface area contributed by atoms with Crippen LogP contribution in [0.1, 0.15) is 42.6 Å². The normalized spacial score (nSPS) is 21.5. The Morgan fingerprint density at radius 3 is 2.34 bits per heavy atom. The lowest BCUT2D eigenvalue weighted by atomic mass is 9.82. The van der Waals surface area contributed by atoms with Crippen LogP contribution in [0.4, 0.5) is 0 Å². The Morgan fingerprint density at radius 2 is 1.63 bits per heavy atom. The quantitative estimate of drug-likeness (QED) is 0.437. The van der Waals surface area contributed by atoms with E-state index in [1.807, 2.05) is 0 Å². The molecule has 0 saturated carbocycles. The molecule has 2 aromatic heterocycles. The lowest BCUT2D eigenvalue weighted by Crippen LogP contribution is -2.61. The molecule has 0 radical (unpaired) electrons. The highest BCUT2D eigenvalue weighted by molar-refractivity contribution is 6.13. The molecule has 1 amide bonds. The molecule has 1 aliphatic heterocycles. The Hall–Kier alpha value is -4.79. The smallest absolute Gasteiger partial charge is 0.377 e. The lowest BCUT2D eigenvalue weighted by molar-refractivity contribution is -0.174. The first-order valence-corrected chi connectivity index (χ1v) is 10.6. The molecule has 9 heteroatoms. The number of carbonyl (C=O) groups excluding carboxylic acids is 3. The van der Waals surface area contributed by atoms with Crippen LogP contribution in [0, 0.1) is 0 Å². The van der Waals surface area contributed by atoms with Crippen LogP contribution >= 0.6 is 0 Å². The van der Waals surface area contributed by atoms with Gasteiger partial charge in [-0.2, -0.15) is 0 Å². The van der Waals surface area contributed by atoms with E-state index in [9.17, 15) is 14.4 Å². The minimum Gasteiger partial charge on any atom is -0.497 e. The van der Waals surface area contributed by atoms with Gasteiger partial charge in [0.25, 0.3) is 5.91 Å². The molecule has 1 N–H and O–H groups in total. The summed E-state index contributed by atoms with van der Waals surface area (Å²) in [5.74, 6) is -3.62. The van der Waals surface area contributed by atoms with E-state index in [2.05, 4.69) is 5.32 Å². The summed E-state index contributed by atoms with van der Waals surface area (Å²) in [6.45, 7) is 0. The van der Waals surface area contributed by atoms with Crippen molar-refractivity contribution in [1.29, 1.82) is 0 Å². The summed E-state index contributed by atoms with van der Waals surface area (Å²) in [5.41, 5.74) is -1.14. The van der Waals surface area contributed by atoms with Crippen LogP contribution < -0.4 is 14.8 Å². The van der Waals surface area contributed by atoms with Crippen molar-refractivity contribution < 1.29 is 37.4 Å². The molecule has 4 aromatic rings. The van der Waals surface area contributed by atoms with Gasteiger partial charge < -0.3 is 28.4 Å². The minimum absolute atomic E-state index is 0.0312. The molecule has 174 valence electrons. The van der Waals surface area contributed by atoms with Crippen molar-refractivity contribution in [3.8, 4) is 11.5 Å². The molecule has 35 heavy (non-hydrogen) atoms. The first-order valence-electron chi connectivity index (χ1n) is 10.6. The molecule has 0 bridgehead atoms. The fourth-order valence-corrected chi connectivity index (χ4v) is 4.71. The van der Waals surface area contributed by atoms with Crippen LogP contribution in [0.2, 0.25) is 0 Å². The Labute approximate surface area is 198 Å². The zero-order valence-electron chi connectivity index (χ0n) is 18.3. The van der Waals surface area contributed by atoms with Gasteiger partial charge in [0.2, 0.25) is 17.1 Å². The monoisotopic (exact) mass is 471 g/mol. The average molecular weight is 471 g/mol. The Bertz CT molecular complexity index is 1470. The first-order chi connectivity index (χ1) is 17.0. The third kappa shape index (κ3) is 2.72. The summed E-state index contributed by atoms with van der Waals surface area (Å²) in [4.78, 5) is 40.6. The fourth-order valence-electron chi connectivity index (χ4n) is 4.71. The maximum Gasteiger partial charge on any atom is 0.377 e. The molecule has 0 fully saturated rings. The highest BCUT2D eigenvalue weighted by atomic mass is 16.7. The van der Waals surface area contributed by atoms with Gasteiger partial charge in [0.1, 0.15) is 11.5 Å². The SMILES string of the molecule is COc1ccc2c(c1)OC1(OC(=O)c3ccco3)c3ccccc3C(=O)C21NC(=O)c1ccco1. The maximum atomic E-state index is 14.1. The summed E-state index contributed by atoms with van der Waals surface area (Å²) in [5, 5.41) is 2.78. The van der Waals surface area contributed by atoms with Crippen LogP contribution in [-0.2, 0) is 16.1 Å². The molecule has 6 rings (SSSR count). The summed E-state index contributed by atoms with van der Waals surface area (Å²) in [6, 6.07) is 17.3. The Balaban J connectivity index is 1.60. The number of ether oxygens (including phenoxy) is 3. The number of methoxy groups -OCH3 is 1. The summed E-state index contributed by atoms with van der Waals surface area (Å²) in [6.07, 6.45) is 2.66. The molecule has 0 spiro atoms. The van der Waals surface area contributed by atoms with Gasteiger partial charge in [0.05, 0.1) is 25.2 Å². The van der Waals surface area contributed by atoms with Gasteiger partial charge in [-0.05, 0) is 36.4 Å². The Kier molecular flexibility index (Phi) is 4.37. The van der Waals surface area contributed by atoms with E-state index in [1.54, 1.807) is 48.5 Å². The van der Waals surface area contributed by atoms with E-state index in [0.717, 1.165) is 0 Å². The van der Waals surface area contributed by atoms with Gasteiger partial charge in [-0.3, -0.25) is 9.59 Å². The van der Waals surface area contributed by atoms with E-state index < -0.39 is 29.0 Å². The number of nitrogens with one attached hydrogen (secondary N) is 1. The van der Waals surface area contributed by atoms with Crippen molar-refractivity contribution in [3.63, 3.8) is 0 Å². The van der Waals surface area contributed by atoms with Gasteiger partial charge in [-0.25, -0.2) is 4.79 Å². The number of furan rings is 2. The predicted octanol–water partition coefficient (Wildman–Crippen LogP) is 3.81. The lowest BCUT2D eigenvalue weighted by Gasteiger charge is -2.37. The van der Waals surface area contributed by atoms with Gasteiger partial charge in [0.15, 0.2) is 5.76 Å². The van der Waals surface area contributed by atoms with E-state index in [4.69, 9.17) is 23.0 Å². The van der Waals surface area contributed by atoms with E-state index >= 15 is 0 Å². The van der Waals surface area contributed by atoms with Gasteiger partial charge in [-0.1, -0.05) is 24.3 Å². The van der Waals surface area contributed by atoms with E-state index in [1.165, 1.54) is 37.8 Å². The van der Waals surface area contributed by atoms with Crippen LogP contribution in [-0.4, -0.2) is 24.8 Å². The minimum atomic E-state index is -2.07. The van der Waals surface area contributed by atoms with Crippen molar-refractivity contribution in [2.45, 2.75) is 11.3 Å². The Morgan fingerprint density at radius 1 is 0.886 bits per heavy atom. The number of benzene rings is 2. The number of amides is 1. The van der Waals surface area contributed by atoms with E-state index in [-0.39, 0.29) is 28.4 Å². The molecule has 0 saturated heterocycles. The van der Waals surface area contributed by atoms with Gasteiger partial charge >= 0.3 is 11.8 Å². The predicted molar refractivity (Wildman–Crippen MR) is 118 cm³/mol. The van der Waals surface area contributed by atoms with Crippen LogP contribution in [0.5, 0.6) is 11.5 Å². The maximum absolute atomic E-state index is 14.1. The molecular weight excluding hydrogens is 454 g/mol. The second-order valence-electron chi connectivity index (χ2n) is 8.00. The number of carbonyl (C=O) groups is 3. The second kappa shape index (κ2) is 7.36. The van der Waals surface area contributed by atoms with Gasteiger partial charge in [0, 0.05) is 17.2 Å². The van der Waals surface area contributed by atoms with Crippen molar-refractivity contribution in [2.24, 2.45) is 0 Å². The molecule has 2 atom stereocenters. The summed E-state index contributed by atoms with van der Waals surface area (Å²) < 4.78 is 28.1. The zero-order chi connectivity index (χ0) is 24.2. The van der Waals surface area contributed by atoms with Crippen molar-refractivity contribution in [1.82, 2.24) is 5.32 Å². The summed E-state index contributed by atoms with van der Waals surface area (Å²) in [7, 11) is 1.49. The first kappa shape index (κ1) is 20.8. The molecule has 2 unspecified atom stereocenters. The third-order valence-corrected chi connectivity index (χ3v) is 6.21. The molecule has 9 nitrogen and oxygen atoms in total. The van der Waals surface area contributed by atoms with Crippen molar-refractivity contribution in [2.75, 3.05) is 7.11 Å². The highest BCUT2D eigenvalue weighted by Gasteiger charge is 2.75. The average Bonchev–Trinajstić information content (AvgIpc) is 3.66. The van der Waals surface area contributed by atoms with Crippen LogP contribution in [0.3, 0.4) is 0 Å². The number of fused-ring (bicyclic) bond motifs is 5. The highest BCUT2D eigenvalue weighted by Crippen LogP contribution is 2.60. The number of Topliss-reactive ketones (excluding diaryl/α,β-unsaturated/α-hetero) is 1. The second-order valence-corrected chi connectivity index (χ2v) is 8.00. The number of hydrogen-bond acceptors (Lipinski definition) is 8. The third-order valence-electron chi connectivity index (χ3n) is 6.21. The van der Waals surface area contributed by atoms with Gasteiger partial charge in [-0.15, -0.1) is 0 Å². The molecular formula is C26H17NO8. The van der Waals surface area contributed by atoms with E-state index in [0.29, 0.717) is 11.3 Å². The molecule has 2 aromatic carbocycles.